The maximum Gasteiger partial charge on any atom is 2.00 e. The van der Waals surface area contributed by atoms with Crippen molar-refractivity contribution < 1.29 is 119 Å². The third kappa shape index (κ3) is 16.7. The zero-order valence-corrected chi connectivity index (χ0v) is 16.2. The van der Waals surface area contributed by atoms with Crippen molar-refractivity contribution >= 4 is 23.9 Å². The van der Waals surface area contributed by atoms with Crippen LogP contribution in [0, 0.1) is 49.4 Å². The van der Waals surface area contributed by atoms with Gasteiger partial charge in [-0.25, -0.2) is 0 Å². The number of nitrogens with zero attached hydrogens (tertiary/aromatic N) is 2. The van der Waals surface area contributed by atoms with Gasteiger partial charge < -0.3 is 34.8 Å². The van der Waals surface area contributed by atoms with Gasteiger partial charge in [0.25, 0.3) is 0 Å². The summed E-state index contributed by atoms with van der Waals surface area (Å²) in [5.74, 6) is -5.82. The molecule has 22 heavy (non-hydrogen) atoms. The minimum absolute atomic E-state index is 0. The van der Waals surface area contributed by atoms with Crippen LogP contribution in [0.1, 0.15) is 0 Å². The van der Waals surface area contributed by atoms with E-state index in [9.17, 15) is 34.5 Å². The molecule has 119 valence electrons. The molecule has 0 spiro atoms. The Morgan fingerprint density at radius 1 is 0.727 bits per heavy atom. The van der Waals surface area contributed by atoms with Crippen LogP contribution in [-0.4, -0.2) is 78.1 Å². The quantitative estimate of drug-likeness (QED) is 0.291. The van der Waals surface area contributed by atoms with Crippen molar-refractivity contribution in [2.24, 2.45) is 0 Å². The number of carboxylic acid groups (broad SMARTS) is 4. The van der Waals surface area contributed by atoms with Gasteiger partial charge in [-0.05, 0) is 0 Å². The summed E-state index contributed by atoms with van der Waals surface area (Å²) >= 11 is 0. The smallest absolute Gasteiger partial charge is 0.549 e. The van der Waals surface area contributed by atoms with Gasteiger partial charge in [0.2, 0.25) is 0 Å². The van der Waals surface area contributed by atoms with E-state index in [-0.39, 0.29) is 92.0 Å². The van der Waals surface area contributed by atoms with Gasteiger partial charge >= 0.3 is 84.9 Å². The van der Waals surface area contributed by atoms with Gasteiger partial charge in [0, 0.05) is 32.7 Å². The van der Waals surface area contributed by atoms with Crippen molar-refractivity contribution in [3.8, 4) is 0 Å². The minimum Gasteiger partial charge on any atom is -0.549 e. The number of rotatable bonds is 11. The molecule has 0 saturated heterocycles. The monoisotopic (exact) mass is 465 g/mol. The molecule has 0 fully saturated rings. The predicted octanol–water partition coefficient (Wildman–Crippen LogP) is -9.07. The minimum atomic E-state index is -1.52. The second-order valence-corrected chi connectivity index (χ2v) is 3.93. The van der Waals surface area contributed by atoms with Gasteiger partial charge in [-0.15, -0.1) is 0 Å². The molecule has 1 radical (unpaired) electrons. The van der Waals surface area contributed by atoms with Gasteiger partial charge in [0.1, 0.15) is 0 Å². The van der Waals surface area contributed by atoms with Crippen molar-refractivity contribution in [2.75, 3.05) is 39.3 Å². The average Bonchev–Trinajstić information content (AvgIpc) is 2.22. The molecule has 12 heteroatoms. The van der Waals surface area contributed by atoms with Gasteiger partial charge in [-0.3, -0.25) is 14.6 Å². The average molecular weight is 464 g/mol. The van der Waals surface area contributed by atoms with Crippen molar-refractivity contribution in [3.63, 3.8) is 0 Å². The van der Waals surface area contributed by atoms with Gasteiger partial charge in [0.15, 0.2) is 0 Å². The van der Waals surface area contributed by atoms with Crippen LogP contribution in [0.25, 0.3) is 0 Å². The molecular formula is C10H13EuN2NaO8. The van der Waals surface area contributed by atoms with E-state index in [2.05, 4.69) is 0 Å². The second kappa shape index (κ2) is 14.9. The van der Waals surface area contributed by atoms with Crippen LogP contribution in [-0.2, 0) is 19.2 Å². The van der Waals surface area contributed by atoms with Crippen molar-refractivity contribution in [3.05, 3.63) is 0 Å². The first-order valence-electron chi connectivity index (χ1n) is 5.46. The van der Waals surface area contributed by atoms with Gasteiger partial charge in [0.05, 0.1) is 24.5 Å². The van der Waals surface area contributed by atoms with Crippen molar-refractivity contribution in [2.45, 2.75) is 0 Å². The first-order valence-corrected chi connectivity index (χ1v) is 5.46. The van der Waals surface area contributed by atoms with Gasteiger partial charge in [-0.1, -0.05) is 0 Å². The maximum atomic E-state index is 10.5. The van der Waals surface area contributed by atoms with Crippen LogP contribution in [0.15, 0.2) is 0 Å². The van der Waals surface area contributed by atoms with Crippen molar-refractivity contribution in [1.29, 1.82) is 0 Å². The molecule has 0 rings (SSSR count). The summed E-state index contributed by atoms with van der Waals surface area (Å²) in [4.78, 5) is 43.7. The molecule has 0 aliphatic carbocycles. The van der Waals surface area contributed by atoms with E-state index in [4.69, 9.17) is 5.11 Å². The normalized spacial score (nSPS) is 9.73. The molecule has 0 bridgehead atoms. The zero-order valence-electron chi connectivity index (χ0n) is 11.8. The number of hydrogen-bond donors (Lipinski definition) is 1. The largest absolute Gasteiger partial charge is 2.00 e. The van der Waals surface area contributed by atoms with Crippen LogP contribution in [0.5, 0.6) is 0 Å². The maximum absolute atomic E-state index is 10.5. The van der Waals surface area contributed by atoms with E-state index < -0.39 is 50.1 Å². The van der Waals surface area contributed by atoms with E-state index in [1.807, 2.05) is 0 Å². The third-order valence-corrected chi connectivity index (χ3v) is 2.15. The predicted molar refractivity (Wildman–Crippen MR) is 55.5 cm³/mol. The fourth-order valence-electron chi connectivity index (χ4n) is 1.45. The summed E-state index contributed by atoms with van der Waals surface area (Å²) in [6.07, 6.45) is 0. The molecule has 0 heterocycles. The molecule has 0 aromatic rings. The van der Waals surface area contributed by atoms with Gasteiger partial charge in [-0.2, -0.15) is 0 Å². The molecule has 0 aliphatic heterocycles. The van der Waals surface area contributed by atoms with E-state index in [1.54, 1.807) is 0 Å². The standard InChI is InChI=1S/C10H16N2O8.Eu.Na/c13-7(14)3-11(4-8(15)16)1-2-12(5-9(17)18)6-10(19)20;;/h1-6H2,(H,13,14)(H,15,16)(H,17,18)(H,19,20);;/q;+2;+1/p-3. The summed E-state index contributed by atoms with van der Waals surface area (Å²) in [6.45, 7) is -3.00. The molecule has 0 saturated carbocycles. The van der Waals surface area contributed by atoms with Crippen LogP contribution in [0.4, 0.5) is 0 Å². The molecular weight excluding hydrogens is 451 g/mol. The van der Waals surface area contributed by atoms with Crippen LogP contribution in [0.2, 0.25) is 0 Å². The summed E-state index contributed by atoms with van der Waals surface area (Å²) in [5.41, 5.74) is 0. The van der Waals surface area contributed by atoms with Crippen LogP contribution in [0.3, 0.4) is 0 Å². The fraction of sp³-hybridized carbons (Fsp3) is 0.600. The number of carbonyl (C=O) groups is 4. The Balaban J connectivity index is -0.00000180. The molecule has 1 N–H and O–H groups in total. The third-order valence-electron chi connectivity index (χ3n) is 2.15. The molecule has 0 aliphatic rings. The Morgan fingerprint density at radius 2 is 1.00 bits per heavy atom. The number of carboxylic acids is 4. The molecule has 0 aromatic carbocycles. The first-order chi connectivity index (χ1) is 9.20. The van der Waals surface area contributed by atoms with Crippen LogP contribution < -0.4 is 44.9 Å². The Kier molecular flexibility index (Phi) is 18.5. The Morgan fingerprint density at radius 3 is 1.23 bits per heavy atom. The van der Waals surface area contributed by atoms with E-state index in [0.29, 0.717) is 0 Å². The fourth-order valence-corrected chi connectivity index (χ4v) is 1.45. The number of aliphatic carboxylic acids is 4. The summed E-state index contributed by atoms with van der Waals surface area (Å²) in [5, 5.41) is 39.8. The van der Waals surface area contributed by atoms with E-state index in [1.165, 1.54) is 0 Å². The molecule has 0 amide bonds. The molecule has 0 unspecified atom stereocenters. The molecule has 0 aromatic heterocycles. The topological polar surface area (TPSA) is 164 Å². The SMILES string of the molecule is O=C([O-])CN(CCN(CC(=O)[O-])CC(=O)O)CC(=O)[O-].[Eu+2].[Na+]. The Hall–Kier alpha value is 0.384. The summed E-state index contributed by atoms with van der Waals surface area (Å²) < 4.78 is 0. The first kappa shape index (κ1) is 27.2. The Labute approximate surface area is 189 Å². The zero-order chi connectivity index (χ0) is 15.7. The second-order valence-electron chi connectivity index (χ2n) is 3.93. The van der Waals surface area contributed by atoms with Crippen LogP contribution >= 0.6 is 0 Å². The number of carbonyl (C=O) groups excluding carboxylic acids is 3. The van der Waals surface area contributed by atoms with E-state index >= 15 is 0 Å². The van der Waals surface area contributed by atoms with Crippen molar-refractivity contribution in [1.82, 2.24) is 9.80 Å². The number of hydrogen-bond acceptors (Lipinski definition) is 9. The van der Waals surface area contributed by atoms with E-state index in [0.717, 1.165) is 9.80 Å². The molecule has 10 nitrogen and oxygen atoms in total. The molecule has 0 atom stereocenters. The summed E-state index contributed by atoms with van der Waals surface area (Å²) in [6, 6.07) is 0. The Bertz CT molecular complexity index is 327. The summed E-state index contributed by atoms with van der Waals surface area (Å²) in [7, 11) is 0.